The lowest BCUT2D eigenvalue weighted by atomic mass is 9.94. The third-order valence-electron chi connectivity index (χ3n) is 4.66. The number of fused-ring (bicyclic) bond motifs is 6. The molecule has 0 saturated heterocycles. The first-order valence-electron chi connectivity index (χ1n) is 8.17. The minimum atomic E-state index is 0.926. The highest BCUT2D eigenvalue weighted by Crippen LogP contribution is 2.34. The first-order chi connectivity index (χ1) is 11.8. The van der Waals surface area contributed by atoms with E-state index in [1.54, 1.807) is 0 Å². The van der Waals surface area contributed by atoms with Crippen molar-refractivity contribution in [3.63, 3.8) is 0 Å². The Bertz CT molecular complexity index is 1150. The van der Waals surface area contributed by atoms with Crippen LogP contribution in [0.25, 0.3) is 44.0 Å². The first kappa shape index (κ1) is 13.4. The number of aromatic nitrogens is 2. The molecule has 0 aliphatic rings. The van der Waals surface area contributed by atoms with Crippen molar-refractivity contribution in [2.75, 3.05) is 0 Å². The standard InChI is InChI=1S/C21H15BN2/c22-14-7-5-6-13(12-14)21-23-19-17-10-3-1-8-15(17)16-9-2-4-11-18(16)20(19)24-21/h1-12H,22H2,(H,23,24). The number of H-pyrrole nitrogens is 1. The maximum Gasteiger partial charge on any atom is 0.139 e. The average Bonchev–Trinajstić information content (AvgIpc) is 3.08. The Morgan fingerprint density at radius 3 is 2.12 bits per heavy atom. The van der Waals surface area contributed by atoms with Crippen molar-refractivity contribution in [3.05, 3.63) is 72.8 Å². The molecule has 0 spiro atoms. The molecule has 0 aliphatic carbocycles. The molecule has 0 fully saturated rings. The lowest BCUT2D eigenvalue weighted by Crippen LogP contribution is -2.00. The largest absolute Gasteiger partial charge is 0.337 e. The van der Waals surface area contributed by atoms with Gasteiger partial charge in [-0.3, -0.25) is 0 Å². The molecule has 0 radical (unpaired) electrons. The number of hydrogen-bond acceptors (Lipinski definition) is 1. The van der Waals surface area contributed by atoms with Crippen LogP contribution in [0.5, 0.6) is 0 Å². The zero-order chi connectivity index (χ0) is 16.1. The highest BCUT2D eigenvalue weighted by atomic mass is 14.9. The zero-order valence-electron chi connectivity index (χ0n) is 13.4. The molecule has 5 aromatic rings. The van der Waals surface area contributed by atoms with E-state index in [9.17, 15) is 0 Å². The van der Waals surface area contributed by atoms with Crippen molar-refractivity contribution in [3.8, 4) is 11.4 Å². The van der Waals surface area contributed by atoms with Crippen molar-refractivity contribution < 1.29 is 0 Å². The van der Waals surface area contributed by atoms with Crippen LogP contribution in [0.15, 0.2) is 72.8 Å². The number of benzene rings is 4. The predicted molar refractivity (Wildman–Crippen MR) is 105 cm³/mol. The van der Waals surface area contributed by atoms with E-state index in [0.29, 0.717) is 0 Å². The van der Waals surface area contributed by atoms with E-state index in [1.165, 1.54) is 27.0 Å². The average molecular weight is 306 g/mol. The molecule has 112 valence electrons. The summed E-state index contributed by atoms with van der Waals surface area (Å²) in [4.78, 5) is 8.51. The van der Waals surface area contributed by atoms with E-state index < -0.39 is 0 Å². The number of rotatable bonds is 1. The van der Waals surface area contributed by atoms with E-state index in [1.807, 2.05) is 0 Å². The summed E-state index contributed by atoms with van der Waals surface area (Å²) in [7, 11) is 2.11. The van der Waals surface area contributed by atoms with Crippen LogP contribution in [-0.4, -0.2) is 17.8 Å². The van der Waals surface area contributed by atoms with Crippen molar-refractivity contribution in [1.82, 2.24) is 9.97 Å². The Balaban J connectivity index is 1.95. The third-order valence-corrected chi connectivity index (χ3v) is 4.66. The Hall–Kier alpha value is -3.07. The molecule has 0 aliphatic heterocycles. The molecule has 0 bridgehead atoms. The summed E-state index contributed by atoms with van der Waals surface area (Å²) in [5.41, 5.74) is 4.52. The van der Waals surface area contributed by atoms with Gasteiger partial charge in [0.1, 0.15) is 13.7 Å². The fourth-order valence-electron chi connectivity index (χ4n) is 3.55. The Kier molecular flexibility index (Phi) is 2.77. The van der Waals surface area contributed by atoms with Gasteiger partial charge >= 0.3 is 0 Å². The molecule has 4 aromatic carbocycles. The van der Waals surface area contributed by atoms with Gasteiger partial charge < -0.3 is 4.98 Å². The van der Waals surface area contributed by atoms with Gasteiger partial charge in [0.15, 0.2) is 0 Å². The monoisotopic (exact) mass is 306 g/mol. The molecule has 3 heteroatoms. The van der Waals surface area contributed by atoms with E-state index >= 15 is 0 Å². The topological polar surface area (TPSA) is 28.7 Å². The Morgan fingerprint density at radius 1 is 0.708 bits per heavy atom. The molecular formula is C21H15BN2. The van der Waals surface area contributed by atoms with Gasteiger partial charge in [0.25, 0.3) is 0 Å². The second-order valence-corrected chi connectivity index (χ2v) is 6.27. The Morgan fingerprint density at radius 2 is 1.38 bits per heavy atom. The highest BCUT2D eigenvalue weighted by molar-refractivity contribution is 6.32. The third kappa shape index (κ3) is 1.88. The number of hydrogen-bond donors (Lipinski definition) is 1. The van der Waals surface area contributed by atoms with E-state index in [-0.39, 0.29) is 0 Å². The number of nitrogens with zero attached hydrogens (tertiary/aromatic N) is 1. The van der Waals surface area contributed by atoms with E-state index in [2.05, 4.69) is 85.6 Å². The van der Waals surface area contributed by atoms with E-state index in [0.717, 1.165) is 22.4 Å². The van der Waals surface area contributed by atoms with Crippen LogP contribution in [0.3, 0.4) is 0 Å². The van der Waals surface area contributed by atoms with Crippen molar-refractivity contribution in [2.45, 2.75) is 0 Å². The van der Waals surface area contributed by atoms with Crippen molar-refractivity contribution in [1.29, 1.82) is 0 Å². The second-order valence-electron chi connectivity index (χ2n) is 6.27. The van der Waals surface area contributed by atoms with Crippen LogP contribution in [0.1, 0.15) is 0 Å². The van der Waals surface area contributed by atoms with Gasteiger partial charge in [-0.15, -0.1) is 0 Å². The quantitative estimate of drug-likeness (QED) is 0.370. The van der Waals surface area contributed by atoms with Crippen LogP contribution in [0.2, 0.25) is 0 Å². The molecular weight excluding hydrogens is 291 g/mol. The highest BCUT2D eigenvalue weighted by Gasteiger charge is 2.13. The second kappa shape index (κ2) is 4.97. The summed E-state index contributed by atoms with van der Waals surface area (Å²) < 4.78 is 0. The van der Waals surface area contributed by atoms with Gasteiger partial charge in [-0.1, -0.05) is 78.3 Å². The van der Waals surface area contributed by atoms with E-state index in [4.69, 9.17) is 4.98 Å². The molecule has 1 aromatic heterocycles. The fraction of sp³-hybridized carbons (Fsp3) is 0. The van der Waals surface area contributed by atoms with Gasteiger partial charge in [-0.25, -0.2) is 4.98 Å². The number of aromatic amines is 1. The van der Waals surface area contributed by atoms with Crippen LogP contribution in [-0.2, 0) is 0 Å². The van der Waals surface area contributed by atoms with Gasteiger partial charge in [0.05, 0.1) is 11.0 Å². The number of nitrogens with one attached hydrogen (secondary N) is 1. The SMILES string of the molecule is Bc1cccc(-c2nc3c4ccccc4c4ccccc4c3[nH]2)c1. The molecule has 1 heterocycles. The van der Waals surface area contributed by atoms with Crippen LogP contribution < -0.4 is 5.46 Å². The van der Waals surface area contributed by atoms with Gasteiger partial charge in [-0.2, -0.15) is 0 Å². The maximum atomic E-state index is 4.95. The van der Waals surface area contributed by atoms with Gasteiger partial charge in [0, 0.05) is 16.3 Å². The smallest absolute Gasteiger partial charge is 0.139 e. The summed E-state index contributed by atoms with van der Waals surface area (Å²) in [6, 6.07) is 25.5. The maximum absolute atomic E-state index is 4.95. The molecule has 2 nitrogen and oxygen atoms in total. The van der Waals surface area contributed by atoms with Crippen LogP contribution in [0.4, 0.5) is 0 Å². The summed E-state index contributed by atoms with van der Waals surface area (Å²) in [6.07, 6.45) is 0. The lowest BCUT2D eigenvalue weighted by molar-refractivity contribution is 1.34. The normalized spacial score (nSPS) is 11.5. The lowest BCUT2D eigenvalue weighted by Gasteiger charge is -2.05. The summed E-state index contributed by atoms with van der Waals surface area (Å²) >= 11 is 0. The van der Waals surface area contributed by atoms with Crippen LogP contribution >= 0.6 is 0 Å². The molecule has 0 amide bonds. The zero-order valence-corrected chi connectivity index (χ0v) is 13.4. The van der Waals surface area contributed by atoms with Crippen molar-refractivity contribution >= 4 is 45.9 Å². The fourth-order valence-corrected chi connectivity index (χ4v) is 3.55. The molecule has 1 N–H and O–H groups in total. The molecule has 0 unspecified atom stereocenters. The van der Waals surface area contributed by atoms with Crippen LogP contribution in [0, 0.1) is 0 Å². The van der Waals surface area contributed by atoms with Gasteiger partial charge in [0.2, 0.25) is 0 Å². The predicted octanol–water partition coefficient (Wildman–Crippen LogP) is 3.79. The summed E-state index contributed by atoms with van der Waals surface area (Å²) in [6.45, 7) is 0. The minimum Gasteiger partial charge on any atom is -0.337 e. The van der Waals surface area contributed by atoms with Gasteiger partial charge in [-0.05, 0) is 10.8 Å². The molecule has 0 atom stereocenters. The van der Waals surface area contributed by atoms with Crippen molar-refractivity contribution in [2.24, 2.45) is 0 Å². The summed E-state index contributed by atoms with van der Waals surface area (Å²) in [5.74, 6) is 0.926. The minimum absolute atomic E-state index is 0.926. The molecule has 24 heavy (non-hydrogen) atoms. The molecule has 0 saturated carbocycles. The molecule has 5 rings (SSSR count). The number of imidazole rings is 1. The first-order valence-corrected chi connectivity index (χ1v) is 8.17. The Labute approximate surface area is 140 Å². The summed E-state index contributed by atoms with van der Waals surface area (Å²) in [5, 5.41) is 4.93.